The molecule has 1 aromatic rings. The Morgan fingerprint density at radius 3 is 2.33 bits per heavy atom. The molecule has 1 aromatic carbocycles. The van der Waals surface area contributed by atoms with Gasteiger partial charge in [0.05, 0.1) is 0 Å². The number of carbonyl (C=O) groups excluding carboxylic acids is 1. The predicted octanol–water partition coefficient (Wildman–Crippen LogP) is 2.67. The minimum Gasteiger partial charge on any atom is -0.383 e. The van der Waals surface area contributed by atoms with Crippen LogP contribution in [0.4, 0.5) is 0 Å². The maximum Gasteiger partial charge on any atom is 0.187 e. The van der Waals surface area contributed by atoms with E-state index in [1.165, 1.54) is 4.90 Å². The standard InChI is InChI=1S/C12H15NOS/c1-13(2)9-8-12(14)10-4-6-11(15-3)7-5-10/h4-9H,1-3H3. The molecule has 0 heterocycles. The maximum absolute atomic E-state index is 11.6. The van der Waals surface area contributed by atoms with Crippen LogP contribution in [0.5, 0.6) is 0 Å². The third kappa shape index (κ3) is 3.80. The molecule has 0 aromatic heterocycles. The predicted molar refractivity (Wildman–Crippen MR) is 65.4 cm³/mol. The lowest BCUT2D eigenvalue weighted by Gasteiger charge is -2.03. The molecule has 2 nitrogen and oxygen atoms in total. The lowest BCUT2D eigenvalue weighted by molar-refractivity contribution is 0.104. The first-order valence-corrected chi connectivity index (χ1v) is 5.89. The van der Waals surface area contributed by atoms with E-state index < -0.39 is 0 Å². The molecule has 3 heteroatoms. The number of allylic oxidation sites excluding steroid dienone is 1. The average molecular weight is 221 g/mol. The van der Waals surface area contributed by atoms with E-state index in [-0.39, 0.29) is 5.78 Å². The Morgan fingerprint density at radius 2 is 1.87 bits per heavy atom. The van der Waals surface area contributed by atoms with Gasteiger partial charge in [0.15, 0.2) is 5.78 Å². The van der Waals surface area contributed by atoms with Crippen LogP contribution in [-0.4, -0.2) is 31.0 Å². The Balaban J connectivity index is 2.74. The number of nitrogens with zero attached hydrogens (tertiary/aromatic N) is 1. The molecule has 0 N–H and O–H groups in total. The van der Waals surface area contributed by atoms with Gasteiger partial charge in [-0.3, -0.25) is 4.79 Å². The molecule has 0 bridgehead atoms. The van der Waals surface area contributed by atoms with Crippen LogP contribution < -0.4 is 0 Å². The van der Waals surface area contributed by atoms with Crippen molar-refractivity contribution in [3.05, 3.63) is 42.1 Å². The zero-order valence-corrected chi connectivity index (χ0v) is 10.0. The van der Waals surface area contributed by atoms with Crippen LogP contribution in [0.3, 0.4) is 0 Å². The van der Waals surface area contributed by atoms with Gasteiger partial charge >= 0.3 is 0 Å². The van der Waals surface area contributed by atoms with E-state index in [4.69, 9.17) is 0 Å². The fraction of sp³-hybridized carbons (Fsp3) is 0.250. The molecule has 0 amide bonds. The summed E-state index contributed by atoms with van der Waals surface area (Å²) in [5.41, 5.74) is 0.728. The van der Waals surface area contributed by atoms with Crippen LogP contribution in [-0.2, 0) is 0 Å². The van der Waals surface area contributed by atoms with Crippen molar-refractivity contribution in [3.63, 3.8) is 0 Å². The Bertz CT molecular complexity index is 354. The number of carbonyl (C=O) groups is 1. The third-order valence-electron chi connectivity index (χ3n) is 1.90. The molecule has 0 saturated carbocycles. The highest BCUT2D eigenvalue weighted by Crippen LogP contribution is 2.15. The van der Waals surface area contributed by atoms with E-state index in [1.807, 2.05) is 49.5 Å². The van der Waals surface area contributed by atoms with Gasteiger partial charge in [0.2, 0.25) is 0 Å². The number of hydrogen-bond donors (Lipinski definition) is 0. The second kappa shape index (κ2) is 5.61. The summed E-state index contributed by atoms with van der Waals surface area (Å²) in [6.45, 7) is 0. The first-order chi connectivity index (χ1) is 7.13. The van der Waals surface area contributed by atoms with Gasteiger partial charge in [0.1, 0.15) is 0 Å². The second-order valence-electron chi connectivity index (χ2n) is 3.37. The quantitative estimate of drug-likeness (QED) is 0.443. The van der Waals surface area contributed by atoms with E-state index in [1.54, 1.807) is 24.0 Å². The SMILES string of the molecule is CSc1ccc(C(=O)C=CN(C)C)cc1. The number of benzene rings is 1. The van der Waals surface area contributed by atoms with Crippen molar-refractivity contribution in [1.29, 1.82) is 0 Å². The van der Waals surface area contributed by atoms with E-state index in [9.17, 15) is 4.79 Å². The molecule has 1 rings (SSSR count). The van der Waals surface area contributed by atoms with Crippen molar-refractivity contribution >= 4 is 17.5 Å². The minimum atomic E-state index is 0.0383. The molecule has 15 heavy (non-hydrogen) atoms. The average Bonchev–Trinajstić information content (AvgIpc) is 2.26. The smallest absolute Gasteiger partial charge is 0.187 e. The lowest BCUT2D eigenvalue weighted by atomic mass is 10.1. The second-order valence-corrected chi connectivity index (χ2v) is 4.25. The summed E-state index contributed by atoms with van der Waals surface area (Å²) in [6.07, 6.45) is 5.35. The molecule has 0 aliphatic carbocycles. The number of rotatable bonds is 4. The van der Waals surface area contributed by atoms with Crippen LogP contribution in [0.2, 0.25) is 0 Å². The van der Waals surface area contributed by atoms with Crippen molar-refractivity contribution in [2.24, 2.45) is 0 Å². The summed E-state index contributed by atoms with van der Waals surface area (Å²) in [6, 6.07) is 7.63. The van der Waals surface area contributed by atoms with E-state index in [0.717, 1.165) is 5.56 Å². The normalized spacial score (nSPS) is 10.6. The summed E-state index contributed by atoms with van der Waals surface area (Å²) >= 11 is 1.67. The molecular formula is C12H15NOS. The highest BCUT2D eigenvalue weighted by Gasteiger charge is 2.00. The molecule has 0 saturated heterocycles. The van der Waals surface area contributed by atoms with Gasteiger partial charge in [-0.2, -0.15) is 0 Å². The van der Waals surface area contributed by atoms with Gasteiger partial charge in [0, 0.05) is 36.8 Å². The lowest BCUT2D eigenvalue weighted by Crippen LogP contribution is -2.03. The van der Waals surface area contributed by atoms with Crippen LogP contribution >= 0.6 is 11.8 Å². The molecular weight excluding hydrogens is 206 g/mol. The molecule has 0 fully saturated rings. The van der Waals surface area contributed by atoms with Gasteiger partial charge in [0.25, 0.3) is 0 Å². The maximum atomic E-state index is 11.6. The van der Waals surface area contributed by atoms with Crippen LogP contribution in [0.15, 0.2) is 41.4 Å². The zero-order valence-electron chi connectivity index (χ0n) is 9.23. The summed E-state index contributed by atoms with van der Waals surface area (Å²) in [4.78, 5) is 14.6. The monoisotopic (exact) mass is 221 g/mol. The van der Waals surface area contributed by atoms with Crippen molar-refractivity contribution in [1.82, 2.24) is 4.90 Å². The number of ketones is 1. The van der Waals surface area contributed by atoms with Gasteiger partial charge < -0.3 is 4.90 Å². The van der Waals surface area contributed by atoms with Crippen LogP contribution in [0, 0.1) is 0 Å². The van der Waals surface area contributed by atoms with Crippen molar-refractivity contribution < 1.29 is 4.79 Å². The molecule has 0 atom stereocenters. The fourth-order valence-electron chi connectivity index (χ4n) is 1.07. The minimum absolute atomic E-state index is 0.0383. The first kappa shape index (κ1) is 11.9. The Morgan fingerprint density at radius 1 is 1.27 bits per heavy atom. The Kier molecular flexibility index (Phi) is 4.43. The van der Waals surface area contributed by atoms with Gasteiger partial charge in [-0.25, -0.2) is 0 Å². The van der Waals surface area contributed by atoms with Gasteiger partial charge in [-0.05, 0) is 30.5 Å². The molecule has 0 aliphatic rings. The largest absolute Gasteiger partial charge is 0.383 e. The van der Waals surface area contributed by atoms with E-state index >= 15 is 0 Å². The van der Waals surface area contributed by atoms with Crippen molar-refractivity contribution in [2.75, 3.05) is 20.4 Å². The highest BCUT2D eigenvalue weighted by molar-refractivity contribution is 7.98. The van der Waals surface area contributed by atoms with E-state index in [2.05, 4.69) is 0 Å². The van der Waals surface area contributed by atoms with Crippen LogP contribution in [0.25, 0.3) is 0 Å². The molecule has 80 valence electrons. The Hall–Kier alpha value is -1.22. The summed E-state index contributed by atoms with van der Waals surface area (Å²) in [5.74, 6) is 0.0383. The third-order valence-corrected chi connectivity index (χ3v) is 2.64. The summed E-state index contributed by atoms with van der Waals surface area (Å²) < 4.78 is 0. The molecule has 0 radical (unpaired) electrons. The fourth-order valence-corrected chi connectivity index (χ4v) is 1.48. The molecule has 0 spiro atoms. The highest BCUT2D eigenvalue weighted by atomic mass is 32.2. The van der Waals surface area contributed by atoms with Crippen LogP contribution in [0.1, 0.15) is 10.4 Å². The Labute approximate surface area is 95.0 Å². The van der Waals surface area contributed by atoms with Gasteiger partial charge in [-0.1, -0.05) is 0 Å². The van der Waals surface area contributed by atoms with Gasteiger partial charge in [-0.15, -0.1) is 11.8 Å². The molecule has 0 unspecified atom stereocenters. The molecule has 0 aliphatic heterocycles. The zero-order chi connectivity index (χ0) is 11.3. The summed E-state index contributed by atoms with van der Waals surface area (Å²) in [5, 5.41) is 0. The number of hydrogen-bond acceptors (Lipinski definition) is 3. The van der Waals surface area contributed by atoms with E-state index in [0.29, 0.717) is 0 Å². The van der Waals surface area contributed by atoms with Crippen molar-refractivity contribution in [3.8, 4) is 0 Å². The summed E-state index contributed by atoms with van der Waals surface area (Å²) in [7, 11) is 3.78. The van der Waals surface area contributed by atoms with Crippen molar-refractivity contribution in [2.45, 2.75) is 4.90 Å². The number of thioether (sulfide) groups is 1. The topological polar surface area (TPSA) is 20.3 Å². The first-order valence-electron chi connectivity index (χ1n) is 4.66.